The summed E-state index contributed by atoms with van der Waals surface area (Å²) in [7, 11) is 0. The summed E-state index contributed by atoms with van der Waals surface area (Å²) in [6.45, 7) is 5.60. The Morgan fingerprint density at radius 3 is 1.92 bits per heavy atom. The Kier molecular flexibility index (Phi) is 5.99. The molecule has 0 spiro atoms. The summed E-state index contributed by atoms with van der Waals surface area (Å²) < 4.78 is 21.2. The van der Waals surface area contributed by atoms with Gasteiger partial charge >= 0.3 is 23.9 Å². The lowest BCUT2D eigenvalue weighted by atomic mass is 10.0. The third-order valence-corrected chi connectivity index (χ3v) is 4.28. The van der Waals surface area contributed by atoms with Gasteiger partial charge in [0.15, 0.2) is 12.2 Å². The molecule has 0 radical (unpaired) electrons. The van der Waals surface area contributed by atoms with Gasteiger partial charge in [-0.25, -0.2) is 0 Å². The average molecular weight is 357 g/mol. The molecule has 2 aliphatic rings. The van der Waals surface area contributed by atoms with E-state index in [4.69, 9.17) is 18.9 Å². The van der Waals surface area contributed by atoms with Crippen molar-refractivity contribution >= 4 is 23.9 Å². The summed E-state index contributed by atoms with van der Waals surface area (Å²) in [6.07, 6.45) is -1.58. The van der Waals surface area contributed by atoms with E-state index >= 15 is 0 Å². The topological polar surface area (TPSA) is 108 Å². The molecule has 0 aliphatic carbocycles. The van der Waals surface area contributed by atoms with Gasteiger partial charge in [-0.3, -0.25) is 24.1 Å². The monoisotopic (exact) mass is 357 g/mol. The summed E-state index contributed by atoms with van der Waals surface area (Å²) in [5, 5.41) is 0. The van der Waals surface area contributed by atoms with E-state index in [1.807, 2.05) is 4.90 Å². The van der Waals surface area contributed by atoms with E-state index in [1.165, 1.54) is 27.7 Å². The van der Waals surface area contributed by atoms with Crippen molar-refractivity contribution in [2.75, 3.05) is 13.2 Å². The SMILES string of the molecule is CC(=O)OC[C@@H]1[C@@H](OC(C)=O)[C@@H](OC(C)=O)[C@H]2[C@@H](OC(C)=O)CCN21. The van der Waals surface area contributed by atoms with Gasteiger partial charge in [0.2, 0.25) is 0 Å². The predicted molar refractivity (Wildman–Crippen MR) is 82.2 cm³/mol. The molecule has 0 aromatic rings. The van der Waals surface area contributed by atoms with Gasteiger partial charge in [-0.1, -0.05) is 0 Å². The summed E-state index contributed by atoms with van der Waals surface area (Å²) in [5.74, 6) is -1.99. The molecule has 0 saturated carbocycles. The zero-order valence-corrected chi connectivity index (χ0v) is 14.7. The highest BCUT2D eigenvalue weighted by Gasteiger charge is 2.59. The number of nitrogens with zero attached hydrogens (tertiary/aromatic N) is 1. The quantitative estimate of drug-likeness (QED) is 0.488. The minimum Gasteiger partial charge on any atom is -0.464 e. The van der Waals surface area contributed by atoms with Crippen LogP contribution in [0.5, 0.6) is 0 Å². The van der Waals surface area contributed by atoms with E-state index in [0.29, 0.717) is 13.0 Å². The van der Waals surface area contributed by atoms with Crippen LogP contribution >= 0.6 is 0 Å². The number of hydrogen-bond acceptors (Lipinski definition) is 9. The van der Waals surface area contributed by atoms with Crippen LogP contribution in [0.15, 0.2) is 0 Å². The fraction of sp³-hybridized carbons (Fsp3) is 0.750. The molecular formula is C16H23NO8. The highest BCUT2D eigenvalue weighted by atomic mass is 16.6. The Morgan fingerprint density at radius 1 is 0.840 bits per heavy atom. The van der Waals surface area contributed by atoms with E-state index in [9.17, 15) is 19.2 Å². The average Bonchev–Trinajstić information content (AvgIpc) is 2.96. The molecule has 5 atom stereocenters. The third kappa shape index (κ3) is 4.47. The summed E-state index contributed by atoms with van der Waals surface area (Å²) in [6, 6.07) is -0.944. The molecule has 0 aromatic carbocycles. The Morgan fingerprint density at radius 2 is 1.40 bits per heavy atom. The Bertz CT molecular complexity index is 562. The van der Waals surface area contributed by atoms with Crippen molar-refractivity contribution in [1.29, 1.82) is 0 Å². The molecule has 2 fully saturated rings. The van der Waals surface area contributed by atoms with Crippen molar-refractivity contribution in [3.8, 4) is 0 Å². The molecular weight excluding hydrogens is 334 g/mol. The van der Waals surface area contributed by atoms with Crippen molar-refractivity contribution < 1.29 is 38.1 Å². The summed E-state index contributed by atoms with van der Waals surface area (Å²) in [4.78, 5) is 47.5. The fourth-order valence-electron chi connectivity index (χ4n) is 3.60. The second kappa shape index (κ2) is 7.81. The van der Waals surface area contributed by atoms with Gasteiger partial charge in [0, 0.05) is 34.2 Å². The fourth-order valence-corrected chi connectivity index (χ4v) is 3.60. The number of fused-ring (bicyclic) bond motifs is 1. The van der Waals surface area contributed by atoms with Crippen LogP contribution in [0.2, 0.25) is 0 Å². The van der Waals surface area contributed by atoms with Crippen LogP contribution in [0.3, 0.4) is 0 Å². The molecule has 25 heavy (non-hydrogen) atoms. The normalized spacial score (nSPS) is 31.1. The van der Waals surface area contributed by atoms with E-state index in [0.717, 1.165) is 0 Å². The van der Waals surface area contributed by atoms with Crippen LogP contribution in [0.25, 0.3) is 0 Å². The zero-order chi connectivity index (χ0) is 18.7. The zero-order valence-electron chi connectivity index (χ0n) is 14.7. The first-order chi connectivity index (χ1) is 11.7. The molecule has 0 aromatic heterocycles. The maximum atomic E-state index is 11.5. The van der Waals surface area contributed by atoms with Crippen LogP contribution in [0, 0.1) is 0 Å². The number of ether oxygens (including phenoxy) is 4. The lowest BCUT2D eigenvalue weighted by Gasteiger charge is -2.27. The van der Waals surface area contributed by atoms with Crippen LogP contribution < -0.4 is 0 Å². The standard InChI is InChI=1S/C16H23NO8/c1-8(18)22-7-12-15(24-10(3)20)16(25-11(4)21)14-13(23-9(2)19)5-6-17(12)14/h12-16H,5-7H2,1-4H3/t12-,13+,14-,15-,16+/m1/s1. The Labute approximate surface area is 145 Å². The number of carbonyl (C=O) groups is 4. The molecule has 9 nitrogen and oxygen atoms in total. The third-order valence-electron chi connectivity index (χ3n) is 4.28. The van der Waals surface area contributed by atoms with Gasteiger partial charge in [0.25, 0.3) is 0 Å². The number of esters is 4. The Balaban J connectivity index is 2.31. The second-order valence-corrected chi connectivity index (χ2v) is 6.18. The molecule has 2 heterocycles. The van der Waals surface area contributed by atoms with E-state index in [2.05, 4.69) is 0 Å². The van der Waals surface area contributed by atoms with Gasteiger partial charge in [-0.15, -0.1) is 0 Å². The van der Waals surface area contributed by atoms with E-state index in [-0.39, 0.29) is 6.61 Å². The van der Waals surface area contributed by atoms with Crippen molar-refractivity contribution in [3.05, 3.63) is 0 Å². The second-order valence-electron chi connectivity index (χ2n) is 6.18. The van der Waals surface area contributed by atoms with Crippen LogP contribution in [0.4, 0.5) is 0 Å². The minimum atomic E-state index is -0.816. The molecule has 2 saturated heterocycles. The van der Waals surface area contributed by atoms with Gasteiger partial charge in [0.05, 0.1) is 12.1 Å². The van der Waals surface area contributed by atoms with Crippen molar-refractivity contribution in [2.45, 2.75) is 64.5 Å². The number of hydrogen-bond donors (Lipinski definition) is 0. The van der Waals surface area contributed by atoms with E-state index in [1.54, 1.807) is 0 Å². The summed E-state index contributed by atoms with van der Waals surface area (Å²) >= 11 is 0. The number of rotatable bonds is 5. The van der Waals surface area contributed by atoms with Gasteiger partial charge in [0.1, 0.15) is 12.7 Å². The predicted octanol–water partition coefficient (Wildman–Crippen LogP) is -0.199. The maximum absolute atomic E-state index is 11.5. The van der Waals surface area contributed by atoms with E-state index < -0.39 is 54.3 Å². The molecule has 9 heteroatoms. The smallest absolute Gasteiger partial charge is 0.303 e. The van der Waals surface area contributed by atoms with Crippen LogP contribution in [-0.2, 0) is 38.1 Å². The Hall–Kier alpha value is -2.16. The van der Waals surface area contributed by atoms with Crippen molar-refractivity contribution in [2.24, 2.45) is 0 Å². The molecule has 2 rings (SSSR count). The lowest BCUT2D eigenvalue weighted by Crippen LogP contribution is -2.44. The number of carbonyl (C=O) groups excluding carboxylic acids is 4. The van der Waals surface area contributed by atoms with Gasteiger partial charge in [-0.05, 0) is 6.42 Å². The molecule has 2 aliphatic heterocycles. The van der Waals surface area contributed by atoms with Crippen molar-refractivity contribution in [1.82, 2.24) is 4.90 Å². The van der Waals surface area contributed by atoms with Crippen LogP contribution in [0.1, 0.15) is 34.1 Å². The molecule has 0 amide bonds. The largest absolute Gasteiger partial charge is 0.464 e. The highest BCUT2D eigenvalue weighted by Crippen LogP contribution is 2.38. The lowest BCUT2D eigenvalue weighted by molar-refractivity contribution is -0.168. The molecule has 0 bridgehead atoms. The van der Waals surface area contributed by atoms with Gasteiger partial charge < -0.3 is 18.9 Å². The first-order valence-corrected chi connectivity index (χ1v) is 8.11. The minimum absolute atomic E-state index is 0.0195. The van der Waals surface area contributed by atoms with Crippen LogP contribution in [-0.4, -0.2) is 72.3 Å². The maximum Gasteiger partial charge on any atom is 0.303 e. The highest BCUT2D eigenvalue weighted by molar-refractivity contribution is 5.68. The first-order valence-electron chi connectivity index (χ1n) is 8.11. The van der Waals surface area contributed by atoms with Gasteiger partial charge in [-0.2, -0.15) is 0 Å². The van der Waals surface area contributed by atoms with Crippen molar-refractivity contribution in [3.63, 3.8) is 0 Å². The molecule has 140 valence electrons. The molecule has 0 N–H and O–H groups in total. The summed E-state index contributed by atoms with van der Waals surface area (Å²) in [5.41, 5.74) is 0. The molecule has 0 unspecified atom stereocenters. The first kappa shape index (κ1) is 19.2.